The van der Waals surface area contributed by atoms with Crippen LogP contribution in [-0.4, -0.2) is 11.3 Å². The molecule has 0 saturated heterocycles. The lowest BCUT2D eigenvalue weighted by Crippen LogP contribution is -2.26. The minimum Gasteiger partial charge on any atom is -0.507 e. The van der Waals surface area contributed by atoms with Gasteiger partial charge in [0.15, 0.2) is 0 Å². The molecule has 5 aromatic carbocycles. The Balaban J connectivity index is 1.77. The molecule has 170 valence electrons. The molecule has 0 aromatic heterocycles. The molecular weight excluding hydrogens is 426 g/mol. The van der Waals surface area contributed by atoms with E-state index < -0.39 is 5.41 Å². The van der Waals surface area contributed by atoms with Crippen LogP contribution < -0.4 is 0 Å². The van der Waals surface area contributed by atoms with E-state index in [1.807, 2.05) is 91.0 Å². The van der Waals surface area contributed by atoms with Crippen molar-refractivity contribution in [2.45, 2.75) is 12.3 Å². The number of hydrogen-bond acceptors (Lipinski definition) is 2. The van der Waals surface area contributed by atoms with Gasteiger partial charge in [-0.1, -0.05) is 109 Å². The Labute approximate surface area is 206 Å². The maximum atomic E-state index is 11.7. The molecule has 0 unspecified atom stereocenters. The van der Waals surface area contributed by atoms with Crippen molar-refractivity contribution in [1.29, 1.82) is 0 Å². The van der Waals surface area contributed by atoms with E-state index in [4.69, 9.17) is 0 Å². The van der Waals surface area contributed by atoms with Crippen molar-refractivity contribution in [3.8, 4) is 16.9 Å². The highest BCUT2D eigenvalue weighted by Crippen LogP contribution is 2.45. The average Bonchev–Trinajstić information content (AvgIpc) is 2.94. The van der Waals surface area contributed by atoms with Crippen molar-refractivity contribution in [1.82, 2.24) is 0 Å². The van der Waals surface area contributed by atoms with Gasteiger partial charge in [-0.25, -0.2) is 0 Å². The van der Waals surface area contributed by atoms with Crippen LogP contribution in [0, 0.1) is 0 Å². The zero-order valence-electron chi connectivity index (χ0n) is 19.7. The molecule has 0 heterocycles. The maximum Gasteiger partial charge on any atom is 0.128 e. The lowest BCUT2D eigenvalue weighted by molar-refractivity contribution is 0.457. The molecule has 0 fully saturated rings. The Morgan fingerprint density at radius 3 is 1.63 bits per heavy atom. The molecule has 0 spiro atoms. The molecule has 35 heavy (non-hydrogen) atoms. The van der Waals surface area contributed by atoms with Crippen LogP contribution in [-0.2, 0) is 5.41 Å². The van der Waals surface area contributed by atoms with Gasteiger partial charge in [-0.05, 0) is 53.4 Å². The quantitative estimate of drug-likeness (QED) is 0.204. The van der Waals surface area contributed by atoms with Crippen LogP contribution in [0.3, 0.4) is 0 Å². The summed E-state index contributed by atoms with van der Waals surface area (Å²) in [5, 5.41) is 11.7. The molecule has 2 heteroatoms. The van der Waals surface area contributed by atoms with Crippen LogP contribution in [0.15, 0.2) is 138 Å². The zero-order chi connectivity index (χ0) is 24.1. The molecule has 0 aliphatic carbocycles. The summed E-state index contributed by atoms with van der Waals surface area (Å²) in [7, 11) is 0. The summed E-state index contributed by atoms with van der Waals surface area (Å²) < 4.78 is 0. The molecule has 0 bridgehead atoms. The third-order valence-electron chi connectivity index (χ3n) is 6.60. The Morgan fingerprint density at radius 2 is 1.09 bits per heavy atom. The van der Waals surface area contributed by atoms with Crippen LogP contribution in [0.4, 0.5) is 5.69 Å². The number of hydrogen-bond donors (Lipinski definition) is 1. The highest BCUT2D eigenvalue weighted by atomic mass is 16.3. The van der Waals surface area contributed by atoms with Gasteiger partial charge in [0.05, 0.1) is 5.69 Å². The van der Waals surface area contributed by atoms with Crippen molar-refractivity contribution in [3.05, 3.63) is 156 Å². The summed E-state index contributed by atoms with van der Waals surface area (Å²) in [6.07, 6.45) is 1.76. The second-order valence-electron chi connectivity index (χ2n) is 8.78. The second-order valence-corrected chi connectivity index (χ2v) is 8.78. The van der Waals surface area contributed by atoms with Crippen LogP contribution in [0.2, 0.25) is 0 Å². The fourth-order valence-corrected chi connectivity index (χ4v) is 4.61. The summed E-state index contributed by atoms with van der Waals surface area (Å²) in [5.41, 5.74) is 6.13. The fraction of sp³-hybridized carbons (Fsp3) is 0.0606. The molecule has 2 nitrogen and oxygen atoms in total. The summed E-state index contributed by atoms with van der Waals surface area (Å²) in [5.74, 6) is 0.236. The number of rotatable bonds is 6. The first kappa shape index (κ1) is 22.4. The number of aliphatic imine (C=N–C) groups is 1. The van der Waals surface area contributed by atoms with Crippen LogP contribution >= 0.6 is 0 Å². The van der Waals surface area contributed by atoms with Crippen LogP contribution in [0.1, 0.15) is 29.2 Å². The van der Waals surface area contributed by atoms with Gasteiger partial charge in [0.25, 0.3) is 0 Å². The molecule has 0 aliphatic heterocycles. The van der Waals surface area contributed by atoms with Crippen molar-refractivity contribution in [2.24, 2.45) is 4.99 Å². The van der Waals surface area contributed by atoms with Crippen molar-refractivity contribution in [3.63, 3.8) is 0 Å². The van der Waals surface area contributed by atoms with Gasteiger partial charge in [-0.3, -0.25) is 4.99 Å². The van der Waals surface area contributed by atoms with E-state index in [0.717, 1.165) is 33.5 Å². The topological polar surface area (TPSA) is 32.6 Å². The lowest BCUT2D eigenvalue weighted by Gasteiger charge is -2.33. The molecule has 5 rings (SSSR count). The predicted octanol–water partition coefficient (Wildman–Crippen LogP) is 8.16. The lowest BCUT2D eigenvalue weighted by atomic mass is 9.70. The normalized spacial score (nSPS) is 11.6. The number of phenolic OH excluding ortho intramolecular Hbond substituents is 1. The molecule has 0 radical (unpaired) electrons. The summed E-state index contributed by atoms with van der Waals surface area (Å²) in [6.45, 7) is 2.18. The Hall–Kier alpha value is -4.43. The number of nitrogens with zero attached hydrogens (tertiary/aromatic N) is 1. The van der Waals surface area contributed by atoms with E-state index >= 15 is 0 Å². The summed E-state index contributed by atoms with van der Waals surface area (Å²) in [4.78, 5) is 4.66. The van der Waals surface area contributed by atoms with E-state index in [9.17, 15) is 5.11 Å². The molecular formula is C33H27NO. The third-order valence-corrected chi connectivity index (χ3v) is 6.60. The Kier molecular flexibility index (Phi) is 6.28. The number of benzene rings is 5. The van der Waals surface area contributed by atoms with Crippen LogP contribution in [0.25, 0.3) is 11.1 Å². The second kappa shape index (κ2) is 9.82. The first-order valence-corrected chi connectivity index (χ1v) is 11.8. The van der Waals surface area contributed by atoms with Gasteiger partial charge >= 0.3 is 0 Å². The molecule has 0 saturated carbocycles. The molecule has 0 aliphatic rings. The average molecular weight is 454 g/mol. The van der Waals surface area contributed by atoms with E-state index in [1.165, 1.54) is 0 Å². The minimum atomic E-state index is -0.577. The first-order chi connectivity index (χ1) is 17.2. The third kappa shape index (κ3) is 4.51. The summed E-state index contributed by atoms with van der Waals surface area (Å²) >= 11 is 0. The van der Waals surface area contributed by atoms with Gasteiger partial charge < -0.3 is 5.11 Å². The SMILES string of the molecule is CC(c1ccccc1)(c1ccccc1)c1cc(-c2ccccc2)cc(C=Nc2ccccc2)c1O. The smallest absolute Gasteiger partial charge is 0.128 e. The number of phenols is 1. The minimum absolute atomic E-state index is 0.236. The van der Waals surface area contributed by atoms with E-state index in [0.29, 0.717) is 5.56 Å². The van der Waals surface area contributed by atoms with Gasteiger partial charge in [0.2, 0.25) is 0 Å². The van der Waals surface area contributed by atoms with Crippen molar-refractivity contribution in [2.75, 3.05) is 0 Å². The maximum absolute atomic E-state index is 11.7. The highest BCUT2D eigenvalue weighted by molar-refractivity contribution is 5.89. The molecule has 1 N–H and O–H groups in total. The molecule has 0 amide bonds. The van der Waals surface area contributed by atoms with Gasteiger partial charge in [0.1, 0.15) is 5.75 Å². The highest BCUT2D eigenvalue weighted by Gasteiger charge is 2.34. The molecule has 5 aromatic rings. The Morgan fingerprint density at radius 1 is 0.600 bits per heavy atom. The van der Waals surface area contributed by atoms with E-state index in [1.54, 1.807) is 6.21 Å². The number of para-hydroxylation sites is 1. The number of aromatic hydroxyl groups is 1. The fourth-order valence-electron chi connectivity index (χ4n) is 4.61. The largest absolute Gasteiger partial charge is 0.507 e. The Bertz CT molecular complexity index is 1390. The first-order valence-electron chi connectivity index (χ1n) is 11.8. The standard InChI is InChI=1S/C33H27NO/c1-33(28-16-8-3-9-17-28,29-18-10-4-11-19-29)31-23-26(25-14-6-2-7-15-25)22-27(32(31)35)24-34-30-20-12-5-13-21-30/h2-24,35H,1H3. The van der Waals surface area contributed by atoms with E-state index in [-0.39, 0.29) is 5.75 Å². The predicted molar refractivity (Wildman–Crippen MR) is 146 cm³/mol. The van der Waals surface area contributed by atoms with Crippen LogP contribution in [0.5, 0.6) is 5.75 Å². The van der Waals surface area contributed by atoms with Gasteiger partial charge in [0, 0.05) is 22.8 Å². The van der Waals surface area contributed by atoms with Crippen molar-refractivity contribution < 1.29 is 5.11 Å². The van der Waals surface area contributed by atoms with Gasteiger partial charge in [-0.2, -0.15) is 0 Å². The summed E-state index contributed by atoms with van der Waals surface area (Å²) in [6, 6.07) is 44.9. The monoisotopic (exact) mass is 453 g/mol. The van der Waals surface area contributed by atoms with E-state index in [2.05, 4.69) is 54.4 Å². The van der Waals surface area contributed by atoms with Gasteiger partial charge in [-0.15, -0.1) is 0 Å². The van der Waals surface area contributed by atoms with Crippen molar-refractivity contribution >= 4 is 11.9 Å². The molecule has 0 atom stereocenters. The zero-order valence-corrected chi connectivity index (χ0v) is 19.7.